The van der Waals surface area contributed by atoms with Crippen LogP contribution in [0.4, 0.5) is 0 Å². The molecule has 1 aromatic heterocycles. The van der Waals surface area contributed by atoms with Gasteiger partial charge in [0.05, 0.1) is 16.7 Å². The highest BCUT2D eigenvalue weighted by atomic mass is 16.5. The van der Waals surface area contributed by atoms with Gasteiger partial charge >= 0.3 is 0 Å². The van der Waals surface area contributed by atoms with Crippen LogP contribution in [0.25, 0.3) is 10.8 Å². The van der Waals surface area contributed by atoms with E-state index in [1.807, 2.05) is 0 Å². The summed E-state index contributed by atoms with van der Waals surface area (Å²) in [5.41, 5.74) is 5.24. The minimum Gasteiger partial charge on any atom is -0.496 e. The zero-order chi connectivity index (χ0) is 13.3. The average Bonchev–Trinajstić information content (AvgIpc) is 2.25. The largest absolute Gasteiger partial charge is 0.496 e. The average molecular weight is 205 g/mol. The smallest absolute Gasteiger partial charge is 0.252 e. The molecule has 15 heavy (non-hydrogen) atoms. The first kappa shape index (κ1) is 6.40. The fraction of sp³-hybridized carbons (Fsp3) is 0.0909. The standard InChI is InChI=1S/C11H10N2O2/c1-15-10-5-8-6-13-3-2-7(8)4-9(10)11(12)14/h2-6H,1H3,(H2,12,14)/i1D3. The second kappa shape index (κ2) is 3.57. The molecule has 0 saturated heterocycles. The number of rotatable bonds is 2. The number of nitrogens with two attached hydrogens (primary N) is 1. The number of primary amides is 1. The molecule has 2 N–H and O–H groups in total. The van der Waals surface area contributed by atoms with Gasteiger partial charge in [0, 0.05) is 17.8 Å². The molecule has 0 radical (unpaired) electrons. The molecule has 0 aliphatic carbocycles. The van der Waals surface area contributed by atoms with Crippen molar-refractivity contribution >= 4 is 16.7 Å². The first-order valence-electron chi connectivity index (χ1n) is 5.73. The number of fused-ring (bicyclic) bond motifs is 1. The molecular formula is C11H10N2O2. The van der Waals surface area contributed by atoms with E-state index in [4.69, 9.17) is 14.6 Å². The van der Waals surface area contributed by atoms with Crippen molar-refractivity contribution in [1.29, 1.82) is 0 Å². The Morgan fingerprint density at radius 3 is 3.13 bits per heavy atom. The summed E-state index contributed by atoms with van der Waals surface area (Å²) in [5.74, 6) is -0.809. The molecule has 1 amide bonds. The van der Waals surface area contributed by atoms with E-state index < -0.39 is 12.9 Å². The van der Waals surface area contributed by atoms with Crippen LogP contribution >= 0.6 is 0 Å². The van der Waals surface area contributed by atoms with Gasteiger partial charge in [-0.1, -0.05) is 0 Å². The van der Waals surface area contributed by atoms with Crippen molar-refractivity contribution in [1.82, 2.24) is 4.98 Å². The number of methoxy groups -OCH3 is 1. The van der Waals surface area contributed by atoms with Crippen molar-refractivity contribution < 1.29 is 13.6 Å². The lowest BCUT2D eigenvalue weighted by Crippen LogP contribution is -2.12. The van der Waals surface area contributed by atoms with E-state index in [1.54, 1.807) is 18.5 Å². The zero-order valence-electron chi connectivity index (χ0n) is 10.7. The molecule has 1 heterocycles. The fourth-order valence-corrected chi connectivity index (χ4v) is 1.39. The predicted molar refractivity (Wildman–Crippen MR) is 56.8 cm³/mol. The van der Waals surface area contributed by atoms with Crippen molar-refractivity contribution in [3.05, 3.63) is 36.2 Å². The monoisotopic (exact) mass is 205 g/mol. The summed E-state index contributed by atoms with van der Waals surface area (Å²) in [6.07, 6.45) is 3.11. The molecule has 0 spiro atoms. The van der Waals surface area contributed by atoms with E-state index in [0.29, 0.717) is 5.39 Å². The van der Waals surface area contributed by atoms with Crippen molar-refractivity contribution in [2.75, 3.05) is 7.04 Å². The van der Waals surface area contributed by atoms with Crippen LogP contribution in [0.2, 0.25) is 0 Å². The van der Waals surface area contributed by atoms with Crippen LogP contribution in [0.5, 0.6) is 5.75 Å². The minimum absolute atomic E-state index is 0.0322. The van der Waals surface area contributed by atoms with Crippen LogP contribution in [0.15, 0.2) is 30.6 Å². The molecule has 4 nitrogen and oxygen atoms in total. The number of nitrogens with zero attached hydrogens (tertiary/aromatic N) is 1. The Morgan fingerprint density at radius 2 is 2.40 bits per heavy atom. The Morgan fingerprint density at radius 1 is 1.53 bits per heavy atom. The van der Waals surface area contributed by atoms with Crippen molar-refractivity contribution in [3.8, 4) is 5.75 Å². The second-order valence-corrected chi connectivity index (χ2v) is 3.04. The summed E-state index contributed by atoms with van der Waals surface area (Å²) in [5, 5.41) is 1.40. The van der Waals surface area contributed by atoms with Gasteiger partial charge in [-0.05, 0) is 23.6 Å². The van der Waals surface area contributed by atoms with Crippen LogP contribution in [0.3, 0.4) is 0 Å². The highest BCUT2D eigenvalue weighted by Gasteiger charge is 2.09. The number of ether oxygens (including phenoxy) is 1. The molecule has 0 fully saturated rings. The van der Waals surface area contributed by atoms with Crippen LogP contribution < -0.4 is 10.5 Å². The first-order valence-corrected chi connectivity index (χ1v) is 4.23. The Balaban J connectivity index is 2.61. The second-order valence-electron chi connectivity index (χ2n) is 3.04. The maximum absolute atomic E-state index is 11.3. The minimum atomic E-state index is -2.64. The Labute approximate surface area is 90.9 Å². The van der Waals surface area contributed by atoms with E-state index in [2.05, 4.69) is 4.98 Å². The topological polar surface area (TPSA) is 65.2 Å². The summed E-state index contributed by atoms with van der Waals surface area (Å²) < 4.78 is 25.9. The van der Waals surface area contributed by atoms with Crippen LogP contribution in [-0.4, -0.2) is 17.9 Å². The van der Waals surface area contributed by atoms with E-state index >= 15 is 0 Å². The number of pyridine rings is 1. The molecule has 0 bridgehead atoms. The maximum Gasteiger partial charge on any atom is 0.252 e. The molecule has 0 saturated carbocycles. The van der Waals surface area contributed by atoms with Crippen molar-refractivity contribution in [2.24, 2.45) is 5.73 Å². The lowest BCUT2D eigenvalue weighted by molar-refractivity contribution is 0.0997. The van der Waals surface area contributed by atoms with Gasteiger partial charge in [-0.3, -0.25) is 9.78 Å². The van der Waals surface area contributed by atoms with Gasteiger partial charge in [-0.25, -0.2) is 0 Å². The lowest BCUT2D eigenvalue weighted by atomic mass is 10.1. The fourth-order valence-electron chi connectivity index (χ4n) is 1.39. The van der Waals surface area contributed by atoms with E-state index in [9.17, 15) is 4.79 Å². The third-order valence-electron chi connectivity index (χ3n) is 2.11. The summed E-state index contributed by atoms with van der Waals surface area (Å²) in [6.45, 7) is 0. The normalized spacial score (nSPS) is 14.0. The van der Waals surface area contributed by atoms with Crippen LogP contribution in [0.1, 0.15) is 14.5 Å². The van der Waals surface area contributed by atoms with E-state index in [-0.39, 0.29) is 11.3 Å². The van der Waals surface area contributed by atoms with Gasteiger partial charge in [0.1, 0.15) is 5.75 Å². The van der Waals surface area contributed by atoms with Crippen molar-refractivity contribution in [2.45, 2.75) is 0 Å². The molecule has 0 unspecified atom stereocenters. The van der Waals surface area contributed by atoms with Gasteiger partial charge in [0.2, 0.25) is 0 Å². The summed E-state index contributed by atoms with van der Waals surface area (Å²) in [4.78, 5) is 15.2. The molecule has 2 aromatic rings. The van der Waals surface area contributed by atoms with Gasteiger partial charge in [-0.2, -0.15) is 0 Å². The maximum atomic E-state index is 11.3. The Hall–Kier alpha value is -2.10. The molecule has 2 rings (SSSR count). The first-order chi connectivity index (χ1) is 8.37. The predicted octanol–water partition coefficient (Wildman–Crippen LogP) is 1.34. The Kier molecular flexibility index (Phi) is 1.52. The molecule has 0 atom stereocenters. The van der Waals surface area contributed by atoms with Gasteiger partial charge < -0.3 is 10.5 Å². The van der Waals surface area contributed by atoms with E-state index in [0.717, 1.165) is 5.39 Å². The number of benzene rings is 1. The highest BCUT2D eigenvalue weighted by molar-refractivity contribution is 6.00. The number of hydrogen-bond donors (Lipinski definition) is 1. The third kappa shape index (κ3) is 1.61. The zero-order valence-corrected chi connectivity index (χ0v) is 7.73. The Bertz CT molecular complexity index is 611. The van der Waals surface area contributed by atoms with Crippen LogP contribution in [0, 0.1) is 0 Å². The number of carbonyl (C=O) groups excluding carboxylic acids is 1. The van der Waals surface area contributed by atoms with Gasteiger partial charge in [0.15, 0.2) is 0 Å². The van der Waals surface area contributed by atoms with Gasteiger partial charge in [-0.15, -0.1) is 0 Å². The third-order valence-corrected chi connectivity index (χ3v) is 2.11. The van der Waals surface area contributed by atoms with Crippen LogP contribution in [-0.2, 0) is 0 Å². The molecular weight excluding hydrogens is 192 g/mol. The van der Waals surface area contributed by atoms with E-state index in [1.165, 1.54) is 12.1 Å². The molecule has 0 aliphatic heterocycles. The molecule has 76 valence electrons. The number of hydrogen-bond acceptors (Lipinski definition) is 3. The summed E-state index contributed by atoms with van der Waals surface area (Å²) >= 11 is 0. The SMILES string of the molecule is [2H]C([2H])([2H])Oc1cc2cnccc2cc1C(N)=O. The number of aromatic nitrogens is 1. The van der Waals surface area contributed by atoms with Crippen molar-refractivity contribution in [3.63, 3.8) is 0 Å². The highest BCUT2D eigenvalue weighted by Crippen LogP contribution is 2.24. The lowest BCUT2D eigenvalue weighted by Gasteiger charge is -2.06. The number of amides is 1. The molecule has 4 heteroatoms. The molecule has 0 aliphatic rings. The quantitative estimate of drug-likeness (QED) is 0.804. The van der Waals surface area contributed by atoms with Gasteiger partial charge in [0.25, 0.3) is 5.91 Å². The number of carbonyl (C=O) groups is 1. The molecule has 1 aromatic carbocycles. The summed E-state index contributed by atoms with van der Waals surface area (Å²) in [7, 11) is -2.64. The summed E-state index contributed by atoms with van der Waals surface area (Å²) in [6, 6.07) is 4.62.